The van der Waals surface area contributed by atoms with Crippen molar-refractivity contribution < 1.29 is 4.79 Å². The maximum atomic E-state index is 12.8. The van der Waals surface area contributed by atoms with Crippen LogP contribution in [0.1, 0.15) is 46.8 Å². The van der Waals surface area contributed by atoms with E-state index >= 15 is 0 Å². The van der Waals surface area contributed by atoms with Crippen molar-refractivity contribution in [2.45, 2.75) is 45.2 Å². The lowest BCUT2D eigenvalue weighted by atomic mass is 9.94. The Morgan fingerprint density at radius 1 is 1.03 bits per heavy atom. The van der Waals surface area contributed by atoms with Gasteiger partial charge >= 0.3 is 0 Å². The van der Waals surface area contributed by atoms with Gasteiger partial charge in [-0.25, -0.2) is 0 Å². The molecule has 3 aromatic rings. The number of carbonyl (C=O) groups is 1. The number of carbonyl (C=O) groups excluding carboxylic acids is 1. The average molecular weight is 426 g/mol. The summed E-state index contributed by atoms with van der Waals surface area (Å²) in [6.45, 7) is 6.17. The van der Waals surface area contributed by atoms with Gasteiger partial charge in [0.1, 0.15) is 0 Å². The molecule has 0 saturated carbocycles. The molecule has 0 N–H and O–H groups in total. The minimum atomic E-state index is 0.0618. The molecule has 2 aliphatic rings. The molecule has 1 aromatic heterocycles. The van der Waals surface area contributed by atoms with Crippen molar-refractivity contribution in [3.63, 3.8) is 0 Å². The van der Waals surface area contributed by atoms with Crippen LogP contribution >= 0.6 is 0 Å². The maximum Gasteiger partial charge on any atom is 0.255 e. The molecule has 1 amide bonds. The third-order valence-electron chi connectivity index (χ3n) is 7.08. The number of amides is 1. The van der Waals surface area contributed by atoms with Crippen LogP contribution in [-0.4, -0.2) is 46.4 Å². The Balaban J connectivity index is 1.24. The number of hydrogen-bond donors (Lipinski definition) is 0. The molecular formula is C28H31N3O. The van der Waals surface area contributed by atoms with E-state index in [1.54, 1.807) is 12.4 Å². The van der Waals surface area contributed by atoms with E-state index in [2.05, 4.69) is 59.3 Å². The Morgan fingerprint density at radius 2 is 1.88 bits per heavy atom. The summed E-state index contributed by atoms with van der Waals surface area (Å²) in [5, 5.41) is 0. The van der Waals surface area contributed by atoms with E-state index in [0.717, 1.165) is 32.0 Å². The predicted octanol–water partition coefficient (Wildman–Crippen LogP) is 4.97. The van der Waals surface area contributed by atoms with Crippen molar-refractivity contribution in [1.29, 1.82) is 0 Å². The van der Waals surface area contributed by atoms with E-state index in [0.29, 0.717) is 12.1 Å². The monoisotopic (exact) mass is 425 g/mol. The topological polar surface area (TPSA) is 36.4 Å². The Hall–Kier alpha value is -2.98. The molecule has 1 unspecified atom stereocenters. The Morgan fingerprint density at radius 3 is 2.62 bits per heavy atom. The SMILES string of the molecule is CC1CCCN1CCc1ccc(-c2ccc3c(c2)CCN(C(=O)c2cccnc2)C3)cc1. The largest absolute Gasteiger partial charge is 0.334 e. The summed E-state index contributed by atoms with van der Waals surface area (Å²) in [7, 11) is 0. The first-order chi connectivity index (χ1) is 15.7. The van der Waals surface area contributed by atoms with Gasteiger partial charge in [-0.2, -0.15) is 0 Å². The average Bonchev–Trinajstić information content (AvgIpc) is 3.27. The van der Waals surface area contributed by atoms with E-state index in [4.69, 9.17) is 0 Å². The molecule has 0 bridgehead atoms. The minimum absolute atomic E-state index is 0.0618. The molecule has 1 atom stereocenters. The lowest BCUT2D eigenvalue weighted by Gasteiger charge is -2.29. The smallest absolute Gasteiger partial charge is 0.255 e. The summed E-state index contributed by atoms with van der Waals surface area (Å²) >= 11 is 0. The zero-order chi connectivity index (χ0) is 21.9. The van der Waals surface area contributed by atoms with Crippen molar-refractivity contribution in [2.75, 3.05) is 19.6 Å². The molecule has 0 radical (unpaired) electrons. The number of likely N-dealkylation sites (tertiary alicyclic amines) is 1. The van der Waals surface area contributed by atoms with Crippen LogP contribution in [0, 0.1) is 0 Å². The van der Waals surface area contributed by atoms with Gasteiger partial charge in [-0.15, -0.1) is 0 Å². The van der Waals surface area contributed by atoms with Crippen molar-refractivity contribution in [3.05, 3.63) is 89.2 Å². The maximum absolute atomic E-state index is 12.8. The van der Waals surface area contributed by atoms with Gasteiger partial charge in [-0.3, -0.25) is 9.78 Å². The van der Waals surface area contributed by atoms with Gasteiger partial charge in [0, 0.05) is 38.1 Å². The van der Waals surface area contributed by atoms with Crippen LogP contribution in [0.4, 0.5) is 0 Å². The molecule has 4 heteroatoms. The predicted molar refractivity (Wildman–Crippen MR) is 129 cm³/mol. The summed E-state index contributed by atoms with van der Waals surface area (Å²) in [6.07, 6.45) is 8.04. The zero-order valence-electron chi connectivity index (χ0n) is 18.8. The second-order valence-electron chi connectivity index (χ2n) is 9.18. The lowest BCUT2D eigenvalue weighted by molar-refractivity contribution is 0.0734. The summed E-state index contributed by atoms with van der Waals surface area (Å²) in [6, 6.07) is 20.2. The fraction of sp³-hybridized carbons (Fsp3) is 0.357. The Kier molecular flexibility index (Phi) is 6.04. The Bertz CT molecular complexity index is 1080. The number of nitrogens with zero attached hydrogens (tertiary/aromatic N) is 3. The number of benzene rings is 2. The number of aromatic nitrogens is 1. The van der Waals surface area contributed by atoms with Gasteiger partial charge in [0.05, 0.1) is 5.56 Å². The molecule has 164 valence electrons. The number of pyridine rings is 1. The molecule has 1 fully saturated rings. The first-order valence-corrected chi connectivity index (χ1v) is 11.8. The van der Waals surface area contributed by atoms with E-state index in [9.17, 15) is 4.79 Å². The van der Waals surface area contributed by atoms with Gasteiger partial charge in [-0.05, 0) is 79.1 Å². The second kappa shape index (κ2) is 9.25. The second-order valence-corrected chi connectivity index (χ2v) is 9.18. The molecule has 5 rings (SSSR count). The summed E-state index contributed by atoms with van der Waals surface area (Å²) in [4.78, 5) is 21.4. The molecule has 0 aliphatic carbocycles. The molecule has 0 spiro atoms. The van der Waals surface area contributed by atoms with E-state index < -0.39 is 0 Å². The molecule has 1 saturated heterocycles. The van der Waals surface area contributed by atoms with E-state index in [1.807, 2.05) is 17.0 Å². The molecule has 4 nitrogen and oxygen atoms in total. The fourth-order valence-corrected chi connectivity index (χ4v) is 5.04. The number of rotatable bonds is 5. The first-order valence-electron chi connectivity index (χ1n) is 11.8. The lowest BCUT2D eigenvalue weighted by Crippen LogP contribution is -2.36. The highest BCUT2D eigenvalue weighted by Gasteiger charge is 2.22. The van der Waals surface area contributed by atoms with Crippen LogP contribution in [0.2, 0.25) is 0 Å². The normalized spacial score (nSPS) is 18.5. The van der Waals surface area contributed by atoms with Crippen molar-refractivity contribution >= 4 is 5.91 Å². The van der Waals surface area contributed by atoms with Gasteiger partial charge in [0.25, 0.3) is 5.91 Å². The zero-order valence-corrected chi connectivity index (χ0v) is 18.8. The van der Waals surface area contributed by atoms with Gasteiger partial charge in [0.15, 0.2) is 0 Å². The van der Waals surface area contributed by atoms with Crippen LogP contribution in [0.25, 0.3) is 11.1 Å². The van der Waals surface area contributed by atoms with Gasteiger partial charge < -0.3 is 9.80 Å². The highest BCUT2D eigenvalue weighted by molar-refractivity contribution is 5.94. The minimum Gasteiger partial charge on any atom is -0.334 e. The molecule has 3 heterocycles. The van der Waals surface area contributed by atoms with Crippen LogP contribution in [0.15, 0.2) is 67.0 Å². The van der Waals surface area contributed by atoms with Crippen LogP contribution in [0.3, 0.4) is 0 Å². The van der Waals surface area contributed by atoms with Crippen molar-refractivity contribution in [3.8, 4) is 11.1 Å². The van der Waals surface area contributed by atoms with E-state index in [1.165, 1.54) is 47.2 Å². The van der Waals surface area contributed by atoms with Crippen LogP contribution in [0.5, 0.6) is 0 Å². The molecule has 32 heavy (non-hydrogen) atoms. The first kappa shape index (κ1) is 20.9. The van der Waals surface area contributed by atoms with Crippen LogP contribution < -0.4 is 0 Å². The third kappa shape index (κ3) is 4.46. The third-order valence-corrected chi connectivity index (χ3v) is 7.08. The fourth-order valence-electron chi connectivity index (χ4n) is 5.04. The van der Waals surface area contributed by atoms with Crippen LogP contribution in [-0.2, 0) is 19.4 Å². The standard InChI is InChI=1S/C28H31N3O/c1-21-4-3-15-30(21)16-12-22-6-8-23(9-7-22)24-10-11-27-20-31(17-13-25(27)18-24)28(32)26-5-2-14-29-19-26/h2,5-11,14,18-19,21H,3-4,12-13,15-17,20H2,1H3. The highest BCUT2D eigenvalue weighted by atomic mass is 16.2. The molecular weight excluding hydrogens is 394 g/mol. The summed E-state index contributed by atoms with van der Waals surface area (Å²) in [5.41, 5.74) is 7.19. The van der Waals surface area contributed by atoms with Crippen molar-refractivity contribution in [2.24, 2.45) is 0 Å². The van der Waals surface area contributed by atoms with E-state index in [-0.39, 0.29) is 5.91 Å². The molecule has 2 aliphatic heterocycles. The van der Waals surface area contributed by atoms with Gasteiger partial charge in [0.2, 0.25) is 0 Å². The quantitative estimate of drug-likeness (QED) is 0.579. The summed E-state index contributed by atoms with van der Waals surface area (Å²) < 4.78 is 0. The van der Waals surface area contributed by atoms with Gasteiger partial charge in [-0.1, -0.05) is 42.5 Å². The number of fused-ring (bicyclic) bond motifs is 1. The van der Waals surface area contributed by atoms with Crippen molar-refractivity contribution in [1.82, 2.24) is 14.8 Å². The Labute approximate surface area is 190 Å². The molecule has 2 aromatic carbocycles. The summed E-state index contributed by atoms with van der Waals surface area (Å²) in [5.74, 6) is 0.0618. The highest BCUT2D eigenvalue weighted by Crippen LogP contribution is 2.27. The number of hydrogen-bond acceptors (Lipinski definition) is 3.